The van der Waals surface area contributed by atoms with E-state index in [1.165, 1.54) is 12.3 Å². The molecule has 1 saturated heterocycles. The van der Waals surface area contributed by atoms with Crippen LogP contribution in [0.15, 0.2) is 67.4 Å². The van der Waals surface area contributed by atoms with Crippen LogP contribution in [-0.4, -0.2) is 64.0 Å². The molecule has 232 valence electrons. The Morgan fingerprint density at radius 3 is 2.41 bits per heavy atom. The monoisotopic (exact) mass is 621 g/mol. The summed E-state index contributed by atoms with van der Waals surface area (Å²) in [5, 5.41) is 14.6. The maximum atomic E-state index is 12.6. The van der Waals surface area contributed by atoms with E-state index in [1.54, 1.807) is 29.7 Å². The molecule has 3 amide bonds. The molecule has 0 saturated carbocycles. The second-order valence-electron chi connectivity index (χ2n) is 10.2. The molecule has 0 bridgehead atoms. The minimum absolute atomic E-state index is 0.160. The molecule has 2 aromatic carbocycles. The van der Waals surface area contributed by atoms with Gasteiger partial charge in [-0.3, -0.25) is 19.6 Å². The van der Waals surface area contributed by atoms with Crippen LogP contribution in [0.2, 0.25) is 5.02 Å². The number of unbranched alkanes of at least 4 members (excludes halogenated alkanes) is 3. The highest BCUT2D eigenvalue weighted by Crippen LogP contribution is 2.30. The van der Waals surface area contributed by atoms with Crippen molar-refractivity contribution in [1.29, 1.82) is 0 Å². The number of hydroxylamine groups is 1. The van der Waals surface area contributed by atoms with Crippen LogP contribution in [-0.2, 0) is 14.4 Å². The molecular formula is C31H36ClN7O5. The second-order valence-corrected chi connectivity index (χ2v) is 10.6. The zero-order valence-corrected chi connectivity index (χ0v) is 25.1. The van der Waals surface area contributed by atoms with E-state index in [1.807, 2.05) is 29.2 Å². The van der Waals surface area contributed by atoms with Crippen molar-refractivity contribution < 1.29 is 24.3 Å². The van der Waals surface area contributed by atoms with Crippen molar-refractivity contribution in [1.82, 2.24) is 20.3 Å². The molecule has 1 aromatic heterocycles. The largest absolute Gasteiger partial charge is 0.437 e. The predicted octanol–water partition coefficient (Wildman–Crippen LogP) is 5.29. The first kappa shape index (κ1) is 32.2. The SMILES string of the molecule is C=CC(=O)Nc1cccc(Oc2nc(Nc3ccc(N4CCN(C(=O)CCCCCCC(=O)NO)CC4)cc3)ncc2Cl)c1. The number of anilines is 4. The van der Waals surface area contributed by atoms with Crippen LogP contribution < -0.4 is 25.8 Å². The van der Waals surface area contributed by atoms with Gasteiger partial charge >= 0.3 is 0 Å². The Kier molecular flexibility index (Phi) is 11.9. The molecular weight excluding hydrogens is 586 g/mol. The fourth-order valence-corrected chi connectivity index (χ4v) is 4.78. The first-order valence-electron chi connectivity index (χ1n) is 14.4. The number of benzene rings is 2. The van der Waals surface area contributed by atoms with Crippen molar-refractivity contribution in [2.45, 2.75) is 38.5 Å². The van der Waals surface area contributed by atoms with Gasteiger partial charge in [0.2, 0.25) is 29.5 Å². The number of amides is 3. The molecule has 0 aliphatic carbocycles. The van der Waals surface area contributed by atoms with E-state index in [9.17, 15) is 14.4 Å². The lowest BCUT2D eigenvalue weighted by atomic mass is 10.1. The number of carbonyl (C=O) groups excluding carboxylic acids is 3. The highest BCUT2D eigenvalue weighted by atomic mass is 35.5. The van der Waals surface area contributed by atoms with Crippen LogP contribution in [0, 0.1) is 0 Å². The minimum Gasteiger partial charge on any atom is -0.437 e. The average molecular weight is 622 g/mol. The van der Waals surface area contributed by atoms with Gasteiger partial charge in [0, 0.05) is 62.1 Å². The van der Waals surface area contributed by atoms with Crippen molar-refractivity contribution in [3.8, 4) is 11.6 Å². The zero-order valence-electron chi connectivity index (χ0n) is 24.3. The van der Waals surface area contributed by atoms with Crippen LogP contribution in [0.25, 0.3) is 0 Å². The van der Waals surface area contributed by atoms with Crippen LogP contribution in [0.3, 0.4) is 0 Å². The van der Waals surface area contributed by atoms with E-state index in [2.05, 4.69) is 32.1 Å². The maximum Gasteiger partial charge on any atom is 0.247 e. The lowest BCUT2D eigenvalue weighted by Crippen LogP contribution is -2.48. The molecule has 4 rings (SSSR count). The first-order valence-corrected chi connectivity index (χ1v) is 14.8. The fourth-order valence-electron chi connectivity index (χ4n) is 4.65. The maximum absolute atomic E-state index is 12.6. The summed E-state index contributed by atoms with van der Waals surface area (Å²) in [6.45, 7) is 6.27. The number of nitrogens with zero attached hydrogens (tertiary/aromatic N) is 4. The van der Waals surface area contributed by atoms with E-state index >= 15 is 0 Å². The number of rotatable bonds is 14. The molecule has 1 aliphatic heterocycles. The molecule has 44 heavy (non-hydrogen) atoms. The number of aromatic nitrogens is 2. The molecule has 0 atom stereocenters. The predicted molar refractivity (Wildman–Crippen MR) is 169 cm³/mol. The topological polar surface area (TPSA) is 149 Å². The molecule has 0 unspecified atom stereocenters. The van der Waals surface area contributed by atoms with Crippen LogP contribution >= 0.6 is 11.6 Å². The summed E-state index contributed by atoms with van der Waals surface area (Å²) < 4.78 is 5.86. The van der Waals surface area contributed by atoms with Gasteiger partial charge in [-0.1, -0.05) is 37.1 Å². The summed E-state index contributed by atoms with van der Waals surface area (Å²) in [6, 6.07) is 14.7. The van der Waals surface area contributed by atoms with E-state index < -0.39 is 0 Å². The van der Waals surface area contributed by atoms with E-state index in [4.69, 9.17) is 21.5 Å². The smallest absolute Gasteiger partial charge is 0.247 e. The highest BCUT2D eigenvalue weighted by molar-refractivity contribution is 6.31. The van der Waals surface area contributed by atoms with Crippen LogP contribution in [0.4, 0.5) is 23.0 Å². The molecule has 2 heterocycles. The van der Waals surface area contributed by atoms with Gasteiger partial charge in [0.1, 0.15) is 10.8 Å². The Morgan fingerprint density at radius 2 is 1.70 bits per heavy atom. The summed E-state index contributed by atoms with van der Waals surface area (Å²) in [5.41, 5.74) is 4.01. The van der Waals surface area contributed by atoms with Gasteiger partial charge in [-0.15, -0.1) is 0 Å². The Bertz CT molecular complexity index is 1450. The highest BCUT2D eigenvalue weighted by Gasteiger charge is 2.21. The molecule has 4 N–H and O–H groups in total. The average Bonchev–Trinajstić information content (AvgIpc) is 3.04. The van der Waals surface area contributed by atoms with Gasteiger partial charge in [0.05, 0.1) is 6.20 Å². The van der Waals surface area contributed by atoms with E-state index in [0.717, 1.165) is 43.7 Å². The van der Waals surface area contributed by atoms with Gasteiger partial charge in [-0.2, -0.15) is 4.98 Å². The van der Waals surface area contributed by atoms with Crippen molar-refractivity contribution in [3.63, 3.8) is 0 Å². The van der Waals surface area contributed by atoms with E-state index in [-0.39, 0.29) is 28.6 Å². The quantitative estimate of drug-likeness (QED) is 0.0815. The van der Waals surface area contributed by atoms with E-state index in [0.29, 0.717) is 49.7 Å². The normalized spacial score (nSPS) is 12.8. The molecule has 1 aliphatic rings. The van der Waals surface area contributed by atoms with Gasteiger partial charge in [-0.05, 0) is 55.3 Å². The number of hydrogen-bond acceptors (Lipinski definition) is 9. The summed E-state index contributed by atoms with van der Waals surface area (Å²) in [4.78, 5) is 48.1. The number of halogens is 1. The summed E-state index contributed by atoms with van der Waals surface area (Å²) >= 11 is 6.28. The number of carbonyl (C=O) groups is 3. The first-order chi connectivity index (χ1) is 21.3. The molecule has 13 heteroatoms. The Hall–Kier alpha value is -4.68. The third kappa shape index (κ3) is 9.68. The Labute approximate surface area is 261 Å². The van der Waals surface area contributed by atoms with Gasteiger partial charge in [0.15, 0.2) is 0 Å². The third-order valence-corrected chi connectivity index (χ3v) is 7.26. The molecule has 1 fully saturated rings. The van der Waals surface area contributed by atoms with Crippen molar-refractivity contribution in [3.05, 3.63) is 72.4 Å². The summed E-state index contributed by atoms with van der Waals surface area (Å²) in [7, 11) is 0. The molecule has 12 nitrogen and oxygen atoms in total. The van der Waals surface area contributed by atoms with Crippen molar-refractivity contribution in [2.75, 3.05) is 41.7 Å². The molecule has 0 spiro atoms. The van der Waals surface area contributed by atoms with Crippen LogP contribution in [0.1, 0.15) is 38.5 Å². The second kappa shape index (κ2) is 16.2. The number of piperazine rings is 1. The number of nitrogens with one attached hydrogen (secondary N) is 3. The van der Waals surface area contributed by atoms with Crippen molar-refractivity contribution in [2.24, 2.45) is 0 Å². The van der Waals surface area contributed by atoms with Crippen molar-refractivity contribution >= 4 is 52.3 Å². The summed E-state index contributed by atoms with van der Waals surface area (Å²) in [5.74, 6) is 0.351. The standard InChI is InChI=1S/C31H36ClN7O5/c1-2-27(40)34-23-8-7-9-25(20-23)44-30-26(32)21-33-31(36-30)35-22-12-14-24(15-13-22)38-16-18-39(19-17-38)29(42)11-6-4-3-5-10-28(41)37-43/h2,7-9,12-15,20-21,43H,1,3-6,10-11,16-19H2,(H,34,40)(H,37,41)(H,33,35,36). The third-order valence-electron chi connectivity index (χ3n) is 7.00. The fraction of sp³-hybridized carbons (Fsp3) is 0.323. The Morgan fingerprint density at radius 1 is 0.977 bits per heavy atom. The zero-order chi connectivity index (χ0) is 31.3. The van der Waals surface area contributed by atoms with Gasteiger partial charge in [-0.25, -0.2) is 10.5 Å². The molecule has 3 aromatic rings. The van der Waals surface area contributed by atoms with Gasteiger partial charge in [0.25, 0.3) is 0 Å². The lowest BCUT2D eigenvalue weighted by Gasteiger charge is -2.36. The lowest BCUT2D eigenvalue weighted by molar-refractivity contribution is -0.132. The molecule has 0 radical (unpaired) electrons. The summed E-state index contributed by atoms with van der Waals surface area (Å²) in [6.07, 6.45) is 6.66. The van der Waals surface area contributed by atoms with Gasteiger partial charge < -0.3 is 25.2 Å². The number of ether oxygens (including phenoxy) is 1. The minimum atomic E-state index is -0.377. The Balaban J connectivity index is 1.24. The van der Waals surface area contributed by atoms with Crippen LogP contribution in [0.5, 0.6) is 11.6 Å². The number of hydrogen-bond donors (Lipinski definition) is 4.